The molecule has 4 N–H and O–H groups in total. The standard InChI is InChI=1S/C14H18F3N3O/c15-14(16,17)9-4-5-12(11(7-9)13(18)19)20-6-2-1-3-10(20)8-21/h4-5,7,10,21H,1-3,6,8H2,(H3,18,19). The second-order valence-electron chi connectivity index (χ2n) is 5.17. The van der Waals surface area contributed by atoms with Crippen molar-refractivity contribution in [2.75, 3.05) is 18.1 Å². The molecule has 1 atom stereocenters. The Kier molecular flexibility index (Phi) is 4.41. The highest BCUT2D eigenvalue weighted by Gasteiger charge is 2.32. The number of nitrogens with one attached hydrogen (secondary N) is 1. The summed E-state index contributed by atoms with van der Waals surface area (Å²) >= 11 is 0. The maximum absolute atomic E-state index is 12.8. The molecule has 1 aliphatic rings. The third-order valence-corrected chi connectivity index (χ3v) is 3.76. The molecule has 21 heavy (non-hydrogen) atoms. The molecule has 1 aromatic rings. The van der Waals surface area contributed by atoms with Crippen LogP contribution in [0.5, 0.6) is 0 Å². The van der Waals surface area contributed by atoms with Crippen molar-refractivity contribution in [1.29, 1.82) is 5.41 Å². The molecule has 1 heterocycles. The topological polar surface area (TPSA) is 73.3 Å². The molecule has 0 aliphatic carbocycles. The average Bonchev–Trinajstić information content (AvgIpc) is 2.45. The van der Waals surface area contributed by atoms with E-state index < -0.39 is 17.6 Å². The first-order chi connectivity index (χ1) is 9.84. The Balaban J connectivity index is 2.45. The van der Waals surface area contributed by atoms with E-state index in [-0.39, 0.29) is 18.2 Å². The van der Waals surface area contributed by atoms with E-state index >= 15 is 0 Å². The molecule has 4 nitrogen and oxygen atoms in total. The smallest absolute Gasteiger partial charge is 0.394 e. The van der Waals surface area contributed by atoms with Gasteiger partial charge in [0.1, 0.15) is 5.84 Å². The summed E-state index contributed by atoms with van der Waals surface area (Å²) in [5.41, 5.74) is 5.16. The Morgan fingerprint density at radius 1 is 1.38 bits per heavy atom. The van der Waals surface area contributed by atoms with Gasteiger partial charge >= 0.3 is 6.18 Å². The molecular weight excluding hydrogens is 283 g/mol. The minimum absolute atomic E-state index is 0.0603. The van der Waals surface area contributed by atoms with Crippen molar-refractivity contribution in [1.82, 2.24) is 0 Å². The number of piperidine rings is 1. The van der Waals surface area contributed by atoms with E-state index in [0.29, 0.717) is 12.2 Å². The zero-order chi connectivity index (χ0) is 15.6. The van der Waals surface area contributed by atoms with Gasteiger partial charge in [-0.1, -0.05) is 0 Å². The highest BCUT2D eigenvalue weighted by molar-refractivity contribution is 6.00. The number of benzene rings is 1. The number of aliphatic hydroxyl groups is 1. The fraction of sp³-hybridized carbons (Fsp3) is 0.500. The molecule has 0 radical (unpaired) electrons. The predicted octanol–water partition coefficient (Wildman–Crippen LogP) is 2.34. The summed E-state index contributed by atoms with van der Waals surface area (Å²) in [5, 5.41) is 17.0. The van der Waals surface area contributed by atoms with Crippen LogP contribution in [0.25, 0.3) is 0 Å². The van der Waals surface area contributed by atoms with Crippen molar-refractivity contribution in [3.8, 4) is 0 Å². The Morgan fingerprint density at radius 2 is 2.10 bits per heavy atom. The van der Waals surface area contributed by atoms with Crippen molar-refractivity contribution in [3.05, 3.63) is 29.3 Å². The van der Waals surface area contributed by atoms with Gasteiger partial charge in [-0.25, -0.2) is 0 Å². The number of amidine groups is 1. The number of hydrogen-bond acceptors (Lipinski definition) is 3. The van der Waals surface area contributed by atoms with Crippen molar-refractivity contribution >= 4 is 11.5 Å². The molecule has 1 fully saturated rings. The molecule has 1 saturated heterocycles. The predicted molar refractivity (Wildman–Crippen MR) is 74.5 cm³/mol. The van der Waals surface area contributed by atoms with Crippen molar-refractivity contribution < 1.29 is 18.3 Å². The van der Waals surface area contributed by atoms with Crippen LogP contribution in [0.15, 0.2) is 18.2 Å². The second-order valence-corrected chi connectivity index (χ2v) is 5.17. The molecule has 0 bridgehead atoms. The lowest BCUT2D eigenvalue weighted by Crippen LogP contribution is -2.43. The minimum atomic E-state index is -4.47. The van der Waals surface area contributed by atoms with Crippen molar-refractivity contribution in [2.24, 2.45) is 5.73 Å². The molecule has 1 aliphatic heterocycles. The SMILES string of the molecule is N=C(N)c1cc(C(F)(F)F)ccc1N1CCCCC1CO. The fourth-order valence-electron chi connectivity index (χ4n) is 2.69. The normalized spacial score (nSPS) is 19.6. The van der Waals surface area contributed by atoms with Gasteiger partial charge in [-0.05, 0) is 37.5 Å². The highest BCUT2D eigenvalue weighted by atomic mass is 19.4. The van der Waals surface area contributed by atoms with Gasteiger partial charge in [-0.2, -0.15) is 13.2 Å². The van der Waals surface area contributed by atoms with Crippen LogP contribution in [0.3, 0.4) is 0 Å². The van der Waals surface area contributed by atoms with E-state index in [1.165, 1.54) is 6.07 Å². The van der Waals surface area contributed by atoms with E-state index in [2.05, 4.69) is 0 Å². The van der Waals surface area contributed by atoms with Gasteiger partial charge in [0.05, 0.1) is 18.2 Å². The second kappa shape index (κ2) is 5.93. The van der Waals surface area contributed by atoms with Crippen LogP contribution in [0, 0.1) is 5.41 Å². The molecule has 7 heteroatoms. The minimum Gasteiger partial charge on any atom is -0.394 e. The van der Waals surface area contributed by atoms with Crippen molar-refractivity contribution in [2.45, 2.75) is 31.5 Å². The molecule has 116 valence electrons. The monoisotopic (exact) mass is 301 g/mol. The summed E-state index contributed by atoms with van der Waals surface area (Å²) < 4.78 is 38.3. The Hall–Kier alpha value is -1.76. The molecule has 0 spiro atoms. The Morgan fingerprint density at radius 3 is 2.67 bits per heavy atom. The summed E-state index contributed by atoms with van der Waals surface area (Å²) in [6.07, 6.45) is -1.83. The molecular formula is C14H18F3N3O. The van der Waals surface area contributed by atoms with E-state index in [1.54, 1.807) is 0 Å². The van der Waals surface area contributed by atoms with Gasteiger partial charge in [0.2, 0.25) is 0 Å². The number of hydrogen-bond donors (Lipinski definition) is 3. The summed E-state index contributed by atoms with van der Waals surface area (Å²) in [6.45, 7) is 0.565. The van der Waals surface area contributed by atoms with Gasteiger partial charge in [0.15, 0.2) is 0 Å². The van der Waals surface area contributed by atoms with Crippen LogP contribution in [-0.2, 0) is 6.18 Å². The van der Waals surface area contributed by atoms with E-state index in [4.69, 9.17) is 11.1 Å². The summed E-state index contributed by atoms with van der Waals surface area (Å²) in [7, 11) is 0. The number of nitrogens with zero attached hydrogens (tertiary/aromatic N) is 1. The Bertz CT molecular complexity index is 531. The lowest BCUT2D eigenvalue weighted by atomic mass is 9.99. The number of anilines is 1. The van der Waals surface area contributed by atoms with Gasteiger partial charge < -0.3 is 15.7 Å². The quantitative estimate of drug-likeness (QED) is 0.592. The summed E-state index contributed by atoms with van der Waals surface area (Å²) in [6, 6.07) is 3.09. The van der Waals surface area contributed by atoms with Crippen LogP contribution in [-0.4, -0.2) is 30.1 Å². The maximum Gasteiger partial charge on any atom is 0.416 e. The van der Waals surface area contributed by atoms with Crippen LogP contribution in [0.4, 0.5) is 18.9 Å². The van der Waals surface area contributed by atoms with Crippen molar-refractivity contribution in [3.63, 3.8) is 0 Å². The van der Waals surface area contributed by atoms with Gasteiger partial charge in [0, 0.05) is 17.8 Å². The zero-order valence-corrected chi connectivity index (χ0v) is 11.5. The number of nitrogen functional groups attached to an aromatic ring is 1. The summed E-state index contributed by atoms with van der Waals surface area (Å²) in [5.74, 6) is -0.404. The van der Waals surface area contributed by atoms with E-state index in [1.807, 2.05) is 4.90 Å². The van der Waals surface area contributed by atoms with Crippen LogP contribution < -0.4 is 10.6 Å². The van der Waals surface area contributed by atoms with Gasteiger partial charge in [0.25, 0.3) is 0 Å². The van der Waals surface area contributed by atoms with Gasteiger partial charge in [-0.15, -0.1) is 0 Å². The van der Waals surface area contributed by atoms with Crippen LogP contribution >= 0.6 is 0 Å². The fourth-order valence-corrected chi connectivity index (χ4v) is 2.69. The third-order valence-electron chi connectivity index (χ3n) is 3.76. The number of aliphatic hydroxyl groups excluding tert-OH is 1. The lowest BCUT2D eigenvalue weighted by Gasteiger charge is -2.37. The maximum atomic E-state index is 12.8. The van der Waals surface area contributed by atoms with Gasteiger partial charge in [-0.3, -0.25) is 5.41 Å². The number of halogens is 3. The summed E-state index contributed by atoms with van der Waals surface area (Å²) in [4.78, 5) is 1.85. The highest BCUT2D eigenvalue weighted by Crippen LogP contribution is 2.34. The molecule has 0 aromatic heterocycles. The molecule has 2 rings (SSSR count). The van der Waals surface area contributed by atoms with Crippen LogP contribution in [0.2, 0.25) is 0 Å². The molecule has 0 saturated carbocycles. The van der Waals surface area contributed by atoms with Crippen LogP contribution in [0.1, 0.15) is 30.4 Å². The van der Waals surface area contributed by atoms with E-state index in [0.717, 1.165) is 31.4 Å². The lowest BCUT2D eigenvalue weighted by molar-refractivity contribution is -0.137. The molecule has 1 aromatic carbocycles. The largest absolute Gasteiger partial charge is 0.416 e. The first-order valence-corrected chi connectivity index (χ1v) is 6.77. The van der Waals surface area contributed by atoms with E-state index in [9.17, 15) is 18.3 Å². The first-order valence-electron chi connectivity index (χ1n) is 6.77. The number of nitrogens with two attached hydrogens (primary N) is 1. The number of alkyl halides is 3. The number of rotatable bonds is 3. The third kappa shape index (κ3) is 3.29. The molecule has 1 unspecified atom stereocenters. The zero-order valence-electron chi connectivity index (χ0n) is 11.5. The Labute approximate surface area is 120 Å². The molecule has 0 amide bonds. The average molecular weight is 301 g/mol. The first kappa shape index (κ1) is 15.6.